The lowest BCUT2D eigenvalue weighted by molar-refractivity contribution is 0.0508. The SMILES string of the molecule is CO[C@H]1CCN(C(=O)c2ccc(C#N)cc2)[C@H]1Cc1cnn(C)c1. The number of hydrogen-bond acceptors (Lipinski definition) is 4. The summed E-state index contributed by atoms with van der Waals surface area (Å²) in [6.45, 7) is 0.669. The van der Waals surface area contributed by atoms with E-state index in [-0.39, 0.29) is 18.1 Å². The predicted octanol–water partition coefficient (Wildman–Crippen LogP) is 1.76. The molecule has 1 aliphatic rings. The molecule has 1 aromatic heterocycles. The first-order chi connectivity index (χ1) is 11.6. The van der Waals surface area contributed by atoms with E-state index in [9.17, 15) is 4.79 Å². The Hall–Kier alpha value is -2.65. The first-order valence-corrected chi connectivity index (χ1v) is 7.94. The lowest BCUT2D eigenvalue weighted by atomic mass is 10.0. The molecule has 0 N–H and O–H groups in total. The molecule has 1 amide bonds. The number of aryl methyl sites for hydroxylation is 1. The zero-order valence-corrected chi connectivity index (χ0v) is 13.8. The molecule has 1 aromatic carbocycles. The Balaban J connectivity index is 1.81. The van der Waals surface area contributed by atoms with Gasteiger partial charge in [-0.05, 0) is 42.7 Å². The minimum Gasteiger partial charge on any atom is -0.379 e. The fourth-order valence-electron chi connectivity index (χ4n) is 3.27. The first-order valence-electron chi connectivity index (χ1n) is 7.94. The van der Waals surface area contributed by atoms with Crippen molar-refractivity contribution < 1.29 is 9.53 Å². The van der Waals surface area contributed by atoms with Crippen molar-refractivity contribution in [3.05, 3.63) is 53.3 Å². The topological polar surface area (TPSA) is 71.2 Å². The van der Waals surface area contributed by atoms with Crippen LogP contribution in [0.15, 0.2) is 36.7 Å². The molecule has 2 aromatic rings. The Morgan fingerprint density at radius 2 is 2.17 bits per heavy atom. The van der Waals surface area contributed by atoms with Crippen molar-refractivity contribution in [3.63, 3.8) is 0 Å². The van der Waals surface area contributed by atoms with E-state index >= 15 is 0 Å². The molecule has 2 atom stereocenters. The number of ether oxygens (including phenoxy) is 1. The minimum absolute atomic E-state index is 0.0117. The second-order valence-electron chi connectivity index (χ2n) is 6.04. The second kappa shape index (κ2) is 6.85. The average molecular weight is 324 g/mol. The predicted molar refractivity (Wildman–Crippen MR) is 88.3 cm³/mol. The van der Waals surface area contributed by atoms with Crippen LogP contribution in [0, 0.1) is 11.3 Å². The lowest BCUT2D eigenvalue weighted by Gasteiger charge is -2.27. The van der Waals surface area contributed by atoms with Gasteiger partial charge < -0.3 is 9.64 Å². The zero-order valence-electron chi connectivity index (χ0n) is 13.8. The molecule has 2 heterocycles. The summed E-state index contributed by atoms with van der Waals surface area (Å²) in [4.78, 5) is 14.8. The van der Waals surface area contributed by atoms with Gasteiger partial charge in [0.2, 0.25) is 0 Å². The third-order valence-electron chi connectivity index (χ3n) is 4.51. The first kappa shape index (κ1) is 16.2. The molecule has 3 rings (SSSR count). The molecule has 6 nitrogen and oxygen atoms in total. The molecule has 1 aliphatic heterocycles. The molecule has 24 heavy (non-hydrogen) atoms. The number of nitrogens with zero attached hydrogens (tertiary/aromatic N) is 4. The van der Waals surface area contributed by atoms with Crippen molar-refractivity contribution in [2.24, 2.45) is 7.05 Å². The van der Waals surface area contributed by atoms with E-state index in [4.69, 9.17) is 10.00 Å². The molecule has 1 saturated heterocycles. The third-order valence-corrected chi connectivity index (χ3v) is 4.51. The maximum absolute atomic E-state index is 12.9. The molecule has 0 spiro atoms. The standard InChI is InChI=1S/C18H20N4O2/c1-21-12-14(11-20-21)9-16-17(24-2)7-8-22(16)18(23)15-5-3-13(10-19)4-6-15/h3-6,11-12,16-17H,7-9H2,1-2H3/t16-,17-/m0/s1. The highest BCUT2D eigenvalue weighted by atomic mass is 16.5. The summed E-state index contributed by atoms with van der Waals surface area (Å²) in [6, 6.07) is 8.83. The number of aromatic nitrogens is 2. The molecule has 0 saturated carbocycles. The number of benzene rings is 1. The van der Waals surface area contributed by atoms with E-state index < -0.39 is 0 Å². The van der Waals surface area contributed by atoms with Crippen LogP contribution in [-0.2, 0) is 18.2 Å². The van der Waals surface area contributed by atoms with Crippen molar-refractivity contribution in [1.29, 1.82) is 5.26 Å². The van der Waals surface area contributed by atoms with E-state index in [1.807, 2.05) is 24.3 Å². The smallest absolute Gasteiger partial charge is 0.254 e. The van der Waals surface area contributed by atoms with Gasteiger partial charge >= 0.3 is 0 Å². The number of amides is 1. The number of carbonyl (C=O) groups excluding carboxylic acids is 1. The highest BCUT2D eigenvalue weighted by Crippen LogP contribution is 2.26. The van der Waals surface area contributed by atoms with Crippen LogP contribution in [0.25, 0.3) is 0 Å². The summed E-state index contributed by atoms with van der Waals surface area (Å²) in [7, 11) is 3.57. The van der Waals surface area contributed by atoms with Gasteiger partial charge in [0.25, 0.3) is 5.91 Å². The molecular formula is C18H20N4O2. The van der Waals surface area contributed by atoms with Gasteiger partial charge in [-0.25, -0.2) is 0 Å². The van der Waals surface area contributed by atoms with Crippen molar-refractivity contribution in [2.45, 2.75) is 25.0 Å². The van der Waals surface area contributed by atoms with Crippen LogP contribution in [-0.4, -0.2) is 46.4 Å². The summed E-state index contributed by atoms with van der Waals surface area (Å²) in [5.74, 6) is -0.0204. The molecule has 124 valence electrons. The van der Waals surface area contributed by atoms with Gasteiger partial charge in [-0.15, -0.1) is 0 Å². The Labute approximate surface area is 141 Å². The zero-order chi connectivity index (χ0) is 17.1. The molecule has 6 heteroatoms. The van der Waals surface area contributed by atoms with Crippen LogP contribution in [0.4, 0.5) is 0 Å². The summed E-state index contributed by atoms with van der Waals surface area (Å²) in [5, 5.41) is 13.1. The van der Waals surface area contributed by atoms with Crippen LogP contribution in [0.2, 0.25) is 0 Å². The molecular weight excluding hydrogens is 304 g/mol. The van der Waals surface area contributed by atoms with Crippen LogP contribution >= 0.6 is 0 Å². The van der Waals surface area contributed by atoms with Crippen molar-refractivity contribution in [1.82, 2.24) is 14.7 Å². The second-order valence-corrected chi connectivity index (χ2v) is 6.04. The normalized spacial score (nSPS) is 20.1. The highest BCUT2D eigenvalue weighted by Gasteiger charge is 2.37. The molecule has 0 radical (unpaired) electrons. The fraction of sp³-hybridized carbons (Fsp3) is 0.389. The van der Waals surface area contributed by atoms with E-state index in [1.54, 1.807) is 36.1 Å². The Morgan fingerprint density at radius 1 is 1.42 bits per heavy atom. The summed E-state index contributed by atoms with van der Waals surface area (Å²) in [5.41, 5.74) is 2.24. The minimum atomic E-state index is -0.0204. The van der Waals surface area contributed by atoms with Crippen LogP contribution in [0.3, 0.4) is 0 Å². The monoisotopic (exact) mass is 324 g/mol. The summed E-state index contributed by atoms with van der Waals surface area (Å²) in [6.07, 6.45) is 5.36. The highest BCUT2D eigenvalue weighted by molar-refractivity contribution is 5.94. The maximum atomic E-state index is 12.9. The van der Waals surface area contributed by atoms with Crippen molar-refractivity contribution >= 4 is 5.91 Å². The van der Waals surface area contributed by atoms with Gasteiger partial charge in [0.05, 0.1) is 30.0 Å². The van der Waals surface area contributed by atoms with Gasteiger partial charge in [-0.3, -0.25) is 9.48 Å². The van der Waals surface area contributed by atoms with Crippen molar-refractivity contribution in [3.8, 4) is 6.07 Å². The van der Waals surface area contributed by atoms with Crippen LogP contribution in [0.1, 0.15) is 27.9 Å². The number of methoxy groups -OCH3 is 1. The number of nitriles is 1. The van der Waals surface area contributed by atoms with E-state index in [0.29, 0.717) is 24.1 Å². The van der Waals surface area contributed by atoms with Gasteiger partial charge in [0, 0.05) is 32.5 Å². The average Bonchev–Trinajstić information content (AvgIpc) is 3.20. The Morgan fingerprint density at radius 3 is 2.75 bits per heavy atom. The van der Waals surface area contributed by atoms with Gasteiger partial charge in [0.15, 0.2) is 0 Å². The van der Waals surface area contributed by atoms with Gasteiger partial charge in [-0.2, -0.15) is 10.4 Å². The molecule has 1 fully saturated rings. The van der Waals surface area contributed by atoms with Crippen LogP contribution in [0.5, 0.6) is 0 Å². The third kappa shape index (κ3) is 3.17. The quantitative estimate of drug-likeness (QED) is 0.859. The summed E-state index contributed by atoms with van der Waals surface area (Å²) < 4.78 is 7.35. The van der Waals surface area contributed by atoms with E-state index in [0.717, 1.165) is 12.0 Å². The van der Waals surface area contributed by atoms with E-state index in [1.165, 1.54) is 0 Å². The van der Waals surface area contributed by atoms with Crippen molar-refractivity contribution in [2.75, 3.05) is 13.7 Å². The summed E-state index contributed by atoms with van der Waals surface area (Å²) >= 11 is 0. The number of likely N-dealkylation sites (tertiary alicyclic amines) is 1. The van der Waals surface area contributed by atoms with Gasteiger partial charge in [0.1, 0.15) is 0 Å². The van der Waals surface area contributed by atoms with Crippen LogP contribution < -0.4 is 0 Å². The number of rotatable bonds is 4. The Kier molecular flexibility index (Phi) is 4.63. The number of carbonyl (C=O) groups is 1. The molecule has 0 aliphatic carbocycles. The van der Waals surface area contributed by atoms with E-state index in [2.05, 4.69) is 11.2 Å². The Bertz CT molecular complexity index is 760. The fourth-order valence-corrected chi connectivity index (χ4v) is 3.27. The number of hydrogen-bond donors (Lipinski definition) is 0. The largest absolute Gasteiger partial charge is 0.379 e. The molecule has 0 unspecified atom stereocenters. The lowest BCUT2D eigenvalue weighted by Crippen LogP contribution is -2.41. The van der Waals surface area contributed by atoms with Gasteiger partial charge in [-0.1, -0.05) is 0 Å². The molecule has 0 bridgehead atoms. The maximum Gasteiger partial charge on any atom is 0.254 e.